The Bertz CT molecular complexity index is 268. The molecular weight excluding hydrogens is 311 g/mol. The van der Waals surface area contributed by atoms with Gasteiger partial charge in [0.1, 0.15) is 0 Å². The van der Waals surface area contributed by atoms with Gasteiger partial charge in [-0.05, 0) is 81.0 Å². The van der Waals surface area contributed by atoms with Crippen molar-refractivity contribution in [1.82, 2.24) is 0 Å². The summed E-state index contributed by atoms with van der Waals surface area (Å²) in [6.07, 6.45) is 21.0. The Morgan fingerprint density at radius 3 is 1.74 bits per heavy atom. The molecule has 19 heavy (non-hydrogen) atoms. The van der Waals surface area contributed by atoms with Crippen molar-refractivity contribution >= 4 is 18.6 Å². The van der Waals surface area contributed by atoms with E-state index in [1.807, 2.05) is 12.8 Å². The maximum absolute atomic E-state index is 4.89. The first-order chi connectivity index (χ1) is 9.26. The van der Waals surface area contributed by atoms with Crippen molar-refractivity contribution in [3.8, 4) is 0 Å². The predicted octanol–water partition coefficient (Wildman–Crippen LogP) is 4.76. The van der Waals surface area contributed by atoms with Crippen LogP contribution >= 0.6 is 18.6 Å². The molecule has 0 aliphatic heterocycles. The van der Waals surface area contributed by atoms with Crippen LogP contribution in [-0.4, -0.2) is 0 Å². The van der Waals surface area contributed by atoms with Crippen molar-refractivity contribution in [2.75, 3.05) is 0 Å². The Labute approximate surface area is 135 Å². The Morgan fingerprint density at radius 1 is 0.895 bits per heavy atom. The number of rotatable bonds is 0. The van der Waals surface area contributed by atoms with Crippen molar-refractivity contribution in [1.29, 1.82) is 0 Å². The van der Waals surface area contributed by atoms with E-state index in [0.29, 0.717) is 0 Å². The quantitative estimate of drug-likeness (QED) is 0.445. The summed E-state index contributed by atoms with van der Waals surface area (Å²) in [5.74, 6) is 6.07. The number of halogens is 2. The van der Waals surface area contributed by atoms with Gasteiger partial charge in [-0.25, -0.2) is 0 Å². The summed E-state index contributed by atoms with van der Waals surface area (Å²) in [4.78, 5) is 0. The van der Waals surface area contributed by atoms with Crippen LogP contribution in [0, 0.1) is 74.5 Å². The monoisotopic (exact) mass is 326 g/mol. The zero-order valence-corrected chi connectivity index (χ0v) is 13.9. The number of hydrogen-bond donors (Lipinski definition) is 0. The summed E-state index contributed by atoms with van der Waals surface area (Å²) in [6.45, 7) is 2.08. The van der Waals surface area contributed by atoms with Gasteiger partial charge in [0.05, 0.1) is 0 Å². The first-order valence-electron chi connectivity index (χ1n) is 6.34. The van der Waals surface area contributed by atoms with Crippen molar-refractivity contribution in [2.45, 2.75) is 13.3 Å². The Hall–Kier alpha value is 1.03. The van der Waals surface area contributed by atoms with E-state index < -0.39 is 17.0 Å². The van der Waals surface area contributed by atoms with E-state index in [1.165, 1.54) is 12.3 Å². The van der Waals surface area contributed by atoms with Crippen LogP contribution in [-0.2, 0) is 17.0 Å². The molecule has 3 heteroatoms. The second kappa shape index (κ2) is 8.47. The van der Waals surface area contributed by atoms with Gasteiger partial charge in [0.2, 0.25) is 0 Å². The second-order valence-electron chi connectivity index (χ2n) is 4.80. The topological polar surface area (TPSA) is 0 Å². The first kappa shape index (κ1) is 16.4. The van der Waals surface area contributed by atoms with Crippen LogP contribution in [0.15, 0.2) is 12.2 Å². The molecule has 0 aromatic carbocycles. The van der Waals surface area contributed by atoms with Gasteiger partial charge in [-0.3, -0.25) is 0 Å². The van der Waals surface area contributed by atoms with Gasteiger partial charge in [-0.2, -0.15) is 0 Å². The predicted molar refractivity (Wildman–Crippen MR) is 77.9 cm³/mol. The minimum absolute atomic E-state index is 0.556. The maximum atomic E-state index is 4.89. The van der Waals surface area contributed by atoms with Crippen LogP contribution in [0.4, 0.5) is 0 Å². The van der Waals surface area contributed by atoms with E-state index in [9.17, 15) is 0 Å². The molecule has 4 rings (SSSR count). The fraction of sp³-hybridized carbons (Fsp3) is 0.250. The summed E-state index contributed by atoms with van der Waals surface area (Å²) in [5.41, 5.74) is 0. The molecule has 2 bridgehead atoms. The molecule has 3 saturated carbocycles. The third kappa shape index (κ3) is 4.50. The molecule has 0 aromatic heterocycles. The van der Waals surface area contributed by atoms with E-state index >= 15 is 0 Å². The zero-order valence-electron chi connectivity index (χ0n) is 10.8. The Balaban J connectivity index is 0.000000128. The van der Waals surface area contributed by atoms with Gasteiger partial charge >= 0.3 is 35.6 Å². The molecule has 0 spiro atoms. The molecular formula is C16H16Cl2Ti. The summed E-state index contributed by atoms with van der Waals surface area (Å²) in [5, 5.41) is 0. The van der Waals surface area contributed by atoms with Crippen LogP contribution < -0.4 is 0 Å². The molecule has 98 valence electrons. The number of hydrogen-bond acceptors (Lipinski definition) is 0. The van der Waals surface area contributed by atoms with Crippen molar-refractivity contribution in [3.05, 3.63) is 74.9 Å². The molecule has 0 heterocycles. The van der Waals surface area contributed by atoms with Crippen LogP contribution in [0.1, 0.15) is 13.3 Å². The van der Waals surface area contributed by atoms with Gasteiger partial charge in [0.15, 0.2) is 0 Å². The van der Waals surface area contributed by atoms with Crippen LogP contribution in [0.2, 0.25) is 0 Å². The van der Waals surface area contributed by atoms with Crippen molar-refractivity contribution in [2.24, 2.45) is 11.8 Å². The average molecular weight is 327 g/mol. The van der Waals surface area contributed by atoms with Crippen LogP contribution in [0.5, 0.6) is 0 Å². The third-order valence-electron chi connectivity index (χ3n) is 3.60. The van der Waals surface area contributed by atoms with E-state index in [4.69, 9.17) is 18.6 Å². The summed E-state index contributed by atoms with van der Waals surface area (Å²) in [6, 6.07) is 0. The minimum atomic E-state index is -0.556. The van der Waals surface area contributed by atoms with Gasteiger partial charge in [0.25, 0.3) is 0 Å². The van der Waals surface area contributed by atoms with E-state index in [1.54, 1.807) is 11.8 Å². The molecule has 0 N–H and O–H groups in total. The standard InChI is InChI=1S/C10H9.C6H7.2ClH.Ti/c1-2-9-7-4-5-8(6-7)10(9)3-1;1-6-4-2-3-5-6;;;/h1-5,7-8H,6H2;2-5H,1H3;2*1H;/q;;;;+2/p-2. The van der Waals surface area contributed by atoms with E-state index in [2.05, 4.69) is 51.2 Å². The van der Waals surface area contributed by atoms with E-state index in [0.717, 1.165) is 11.8 Å². The molecule has 0 nitrogen and oxygen atoms in total. The van der Waals surface area contributed by atoms with Gasteiger partial charge in [0, 0.05) is 0 Å². The number of allylic oxidation sites excluding steroid dienone is 2. The molecule has 2 atom stereocenters. The molecule has 0 saturated heterocycles. The summed E-state index contributed by atoms with van der Waals surface area (Å²) in [7, 11) is 9.78. The summed E-state index contributed by atoms with van der Waals surface area (Å²) >= 11 is -0.556. The molecule has 0 aromatic rings. The number of fused-ring (bicyclic) bond motifs is 5. The fourth-order valence-electron chi connectivity index (χ4n) is 2.75. The van der Waals surface area contributed by atoms with E-state index in [-0.39, 0.29) is 0 Å². The van der Waals surface area contributed by atoms with Gasteiger partial charge < -0.3 is 0 Å². The Kier molecular flexibility index (Phi) is 7.31. The van der Waals surface area contributed by atoms with Crippen LogP contribution in [0.25, 0.3) is 0 Å². The molecule has 0 amide bonds. The molecule has 10 radical (unpaired) electrons. The third-order valence-corrected chi connectivity index (χ3v) is 3.60. The normalized spacial score (nSPS) is 32.6. The first-order valence-corrected chi connectivity index (χ1v) is 10.6. The van der Waals surface area contributed by atoms with Gasteiger partial charge in [-0.15, -0.1) is 0 Å². The SMILES string of the molecule is C[C]1[CH][CH][CH][CH]1.[CH]1[CH][C]2[C]([CH]1)C1C=CC2C1.[Cl][Ti][Cl]. The molecule has 3 fully saturated rings. The molecule has 4 aliphatic carbocycles. The fourth-order valence-corrected chi connectivity index (χ4v) is 2.75. The van der Waals surface area contributed by atoms with Gasteiger partial charge in [-0.1, -0.05) is 19.1 Å². The summed E-state index contributed by atoms with van der Waals surface area (Å²) < 4.78 is 0. The Morgan fingerprint density at radius 2 is 1.37 bits per heavy atom. The van der Waals surface area contributed by atoms with Crippen molar-refractivity contribution < 1.29 is 17.0 Å². The van der Waals surface area contributed by atoms with Crippen molar-refractivity contribution in [3.63, 3.8) is 0 Å². The zero-order chi connectivity index (χ0) is 13.7. The molecule has 2 unspecified atom stereocenters. The van der Waals surface area contributed by atoms with Crippen LogP contribution in [0.3, 0.4) is 0 Å². The average Bonchev–Trinajstić information content (AvgIpc) is 3.14. The molecule has 4 aliphatic rings. The second-order valence-corrected chi connectivity index (χ2v) is 7.38.